The summed E-state index contributed by atoms with van der Waals surface area (Å²) in [4.78, 5) is 25.4. The first-order valence-electron chi connectivity index (χ1n) is 7.96. The van der Waals surface area contributed by atoms with Crippen LogP contribution in [0, 0.1) is 11.3 Å². The normalized spacial score (nSPS) is 22.1. The average molecular weight is 281 g/mol. The second kappa shape index (κ2) is 6.59. The van der Waals surface area contributed by atoms with Crippen molar-refractivity contribution in [3.63, 3.8) is 0 Å². The van der Waals surface area contributed by atoms with Crippen molar-refractivity contribution in [1.82, 2.24) is 4.90 Å². The van der Waals surface area contributed by atoms with Crippen LogP contribution < -0.4 is 0 Å². The molecule has 2 aliphatic rings. The maximum Gasteiger partial charge on any atom is 0.303 e. The molecule has 0 radical (unpaired) electrons. The molecular weight excluding hydrogens is 254 g/mol. The minimum absolute atomic E-state index is 0.139. The van der Waals surface area contributed by atoms with E-state index in [0.29, 0.717) is 12.3 Å². The van der Waals surface area contributed by atoms with Gasteiger partial charge in [0.2, 0.25) is 5.91 Å². The smallest absolute Gasteiger partial charge is 0.303 e. The SMILES string of the molecule is CN(CC1CCC1)C(=O)CC1(CC(=O)O)CCCCC1. The maximum absolute atomic E-state index is 12.4. The zero-order chi connectivity index (χ0) is 14.6. The Kier molecular flexibility index (Phi) is 5.06. The van der Waals surface area contributed by atoms with Gasteiger partial charge in [0, 0.05) is 20.0 Å². The summed E-state index contributed by atoms with van der Waals surface area (Å²) in [6.07, 6.45) is 9.40. The zero-order valence-electron chi connectivity index (χ0n) is 12.6. The zero-order valence-corrected chi connectivity index (χ0v) is 12.6. The summed E-state index contributed by atoms with van der Waals surface area (Å²) >= 11 is 0. The molecule has 2 rings (SSSR count). The fourth-order valence-electron chi connectivity index (χ4n) is 3.66. The summed E-state index contributed by atoms with van der Waals surface area (Å²) in [6, 6.07) is 0. The summed E-state index contributed by atoms with van der Waals surface area (Å²) < 4.78 is 0. The maximum atomic E-state index is 12.4. The van der Waals surface area contributed by atoms with E-state index in [9.17, 15) is 9.59 Å². The standard InChI is InChI=1S/C16H27NO3/c1-17(12-13-6-5-7-13)14(18)10-16(11-15(19)20)8-3-2-4-9-16/h13H,2-12H2,1H3,(H,19,20). The lowest BCUT2D eigenvalue weighted by Crippen LogP contribution is -2.39. The summed E-state index contributed by atoms with van der Waals surface area (Å²) in [7, 11) is 1.87. The molecule has 0 saturated heterocycles. The van der Waals surface area contributed by atoms with Gasteiger partial charge in [-0.05, 0) is 37.0 Å². The summed E-state index contributed by atoms with van der Waals surface area (Å²) in [5, 5.41) is 9.15. The molecule has 0 aromatic carbocycles. The van der Waals surface area contributed by atoms with Crippen LogP contribution in [0.3, 0.4) is 0 Å². The number of rotatable bonds is 6. The Hall–Kier alpha value is -1.06. The highest BCUT2D eigenvalue weighted by molar-refractivity contribution is 5.78. The first-order chi connectivity index (χ1) is 9.51. The summed E-state index contributed by atoms with van der Waals surface area (Å²) in [5.74, 6) is 0.0483. The Balaban J connectivity index is 1.91. The molecule has 0 aliphatic heterocycles. The van der Waals surface area contributed by atoms with Gasteiger partial charge in [0.05, 0.1) is 6.42 Å². The molecule has 0 aromatic rings. The van der Waals surface area contributed by atoms with Gasteiger partial charge in [-0.1, -0.05) is 25.7 Å². The van der Waals surface area contributed by atoms with Crippen molar-refractivity contribution in [2.75, 3.05) is 13.6 Å². The molecule has 0 heterocycles. The Morgan fingerprint density at radius 1 is 1.10 bits per heavy atom. The first kappa shape index (κ1) is 15.3. The molecule has 0 spiro atoms. The van der Waals surface area contributed by atoms with Gasteiger partial charge in [-0.2, -0.15) is 0 Å². The van der Waals surface area contributed by atoms with Crippen molar-refractivity contribution in [1.29, 1.82) is 0 Å². The van der Waals surface area contributed by atoms with E-state index in [4.69, 9.17) is 5.11 Å². The number of amides is 1. The van der Waals surface area contributed by atoms with Gasteiger partial charge in [0.15, 0.2) is 0 Å². The van der Waals surface area contributed by atoms with E-state index in [1.54, 1.807) is 0 Å². The molecule has 1 amide bonds. The Morgan fingerprint density at radius 2 is 1.75 bits per heavy atom. The number of aliphatic carboxylic acids is 1. The van der Waals surface area contributed by atoms with Gasteiger partial charge >= 0.3 is 5.97 Å². The van der Waals surface area contributed by atoms with Gasteiger partial charge in [-0.25, -0.2) is 0 Å². The van der Waals surface area contributed by atoms with Crippen LogP contribution in [-0.2, 0) is 9.59 Å². The number of hydrogen-bond donors (Lipinski definition) is 1. The highest BCUT2D eigenvalue weighted by Crippen LogP contribution is 2.42. The fourth-order valence-corrected chi connectivity index (χ4v) is 3.66. The molecule has 0 aromatic heterocycles. The third-order valence-electron chi connectivity index (χ3n) is 5.15. The molecule has 20 heavy (non-hydrogen) atoms. The predicted molar refractivity (Wildman–Crippen MR) is 77.4 cm³/mol. The average Bonchev–Trinajstić information content (AvgIpc) is 2.33. The van der Waals surface area contributed by atoms with Crippen molar-refractivity contribution in [2.24, 2.45) is 11.3 Å². The molecule has 4 nitrogen and oxygen atoms in total. The van der Waals surface area contributed by atoms with Crippen LogP contribution in [0.5, 0.6) is 0 Å². The quantitative estimate of drug-likeness (QED) is 0.814. The van der Waals surface area contributed by atoms with Crippen LogP contribution in [0.4, 0.5) is 0 Å². The van der Waals surface area contributed by atoms with E-state index < -0.39 is 5.97 Å². The van der Waals surface area contributed by atoms with E-state index in [2.05, 4.69) is 0 Å². The Morgan fingerprint density at radius 3 is 2.25 bits per heavy atom. The number of carboxylic acid groups (broad SMARTS) is 1. The highest BCUT2D eigenvalue weighted by atomic mass is 16.4. The van der Waals surface area contributed by atoms with Crippen LogP contribution >= 0.6 is 0 Å². The van der Waals surface area contributed by atoms with Crippen LogP contribution in [0.1, 0.15) is 64.2 Å². The van der Waals surface area contributed by atoms with Crippen LogP contribution in [0.25, 0.3) is 0 Å². The third-order valence-corrected chi connectivity index (χ3v) is 5.15. The van der Waals surface area contributed by atoms with E-state index in [0.717, 1.165) is 32.2 Å². The third kappa shape index (κ3) is 3.97. The second-order valence-corrected chi connectivity index (χ2v) is 6.88. The van der Waals surface area contributed by atoms with Crippen molar-refractivity contribution in [3.05, 3.63) is 0 Å². The monoisotopic (exact) mass is 281 g/mol. The number of nitrogens with zero attached hydrogens (tertiary/aromatic N) is 1. The Labute approximate surface area is 121 Å². The van der Waals surface area contributed by atoms with E-state index in [-0.39, 0.29) is 17.7 Å². The van der Waals surface area contributed by atoms with Crippen molar-refractivity contribution >= 4 is 11.9 Å². The molecule has 2 aliphatic carbocycles. The lowest BCUT2D eigenvalue weighted by molar-refractivity contribution is -0.142. The van der Waals surface area contributed by atoms with Crippen molar-refractivity contribution < 1.29 is 14.7 Å². The second-order valence-electron chi connectivity index (χ2n) is 6.88. The number of carbonyl (C=O) groups excluding carboxylic acids is 1. The summed E-state index contributed by atoms with van der Waals surface area (Å²) in [6.45, 7) is 0.849. The molecule has 2 fully saturated rings. The van der Waals surface area contributed by atoms with Gasteiger partial charge in [0.1, 0.15) is 0 Å². The molecule has 114 valence electrons. The fraction of sp³-hybridized carbons (Fsp3) is 0.875. The van der Waals surface area contributed by atoms with Crippen LogP contribution in [0.2, 0.25) is 0 Å². The van der Waals surface area contributed by atoms with E-state index in [1.807, 2.05) is 11.9 Å². The number of hydrogen-bond acceptors (Lipinski definition) is 2. The lowest BCUT2D eigenvalue weighted by atomic mass is 9.69. The van der Waals surface area contributed by atoms with Crippen LogP contribution in [0.15, 0.2) is 0 Å². The van der Waals surface area contributed by atoms with Crippen molar-refractivity contribution in [2.45, 2.75) is 64.2 Å². The molecule has 1 N–H and O–H groups in total. The van der Waals surface area contributed by atoms with Crippen molar-refractivity contribution in [3.8, 4) is 0 Å². The Bertz CT molecular complexity index is 357. The molecule has 0 atom stereocenters. The minimum atomic E-state index is -0.763. The molecule has 0 unspecified atom stereocenters. The highest BCUT2D eigenvalue weighted by Gasteiger charge is 2.37. The number of carboxylic acids is 1. The molecule has 2 saturated carbocycles. The lowest BCUT2D eigenvalue weighted by Gasteiger charge is -2.37. The van der Waals surface area contributed by atoms with E-state index >= 15 is 0 Å². The largest absolute Gasteiger partial charge is 0.481 e. The van der Waals surface area contributed by atoms with Gasteiger partial charge in [-0.3, -0.25) is 9.59 Å². The minimum Gasteiger partial charge on any atom is -0.481 e. The van der Waals surface area contributed by atoms with E-state index in [1.165, 1.54) is 25.7 Å². The predicted octanol–water partition coefficient (Wildman–Crippen LogP) is 3.06. The molecule has 4 heteroatoms. The van der Waals surface area contributed by atoms with Gasteiger partial charge in [-0.15, -0.1) is 0 Å². The van der Waals surface area contributed by atoms with Gasteiger partial charge in [0.25, 0.3) is 0 Å². The molecular formula is C16H27NO3. The summed E-state index contributed by atoms with van der Waals surface area (Å²) in [5.41, 5.74) is -0.283. The van der Waals surface area contributed by atoms with Crippen LogP contribution in [-0.4, -0.2) is 35.5 Å². The first-order valence-corrected chi connectivity index (χ1v) is 7.96. The number of carbonyl (C=O) groups is 2. The topological polar surface area (TPSA) is 57.6 Å². The molecule has 0 bridgehead atoms. The van der Waals surface area contributed by atoms with Gasteiger partial charge < -0.3 is 10.0 Å².